The Labute approximate surface area is 129 Å². The number of aliphatic hydroxyl groups is 1. The molecule has 0 bridgehead atoms. The van der Waals surface area contributed by atoms with Gasteiger partial charge in [-0.25, -0.2) is 0 Å². The lowest BCUT2D eigenvalue weighted by Crippen LogP contribution is -2.42. The SMILES string of the molecule is [13CH3]C([13CH3])([13CH3])NC[C@H](O)COc1nsnc1N1CCOCC1. The van der Waals surface area contributed by atoms with Crippen LogP contribution in [0.2, 0.25) is 0 Å². The van der Waals surface area contributed by atoms with Crippen LogP contribution in [0.5, 0.6) is 5.88 Å². The topological polar surface area (TPSA) is 79.7 Å². The lowest BCUT2D eigenvalue weighted by Gasteiger charge is -2.27. The van der Waals surface area contributed by atoms with Crippen LogP contribution in [-0.2, 0) is 4.74 Å². The molecular formula is C13H24N4O3S. The first kappa shape index (κ1) is 16.4. The zero-order valence-electron chi connectivity index (χ0n) is 12.8. The number of anilines is 1. The molecule has 1 aliphatic heterocycles. The fraction of sp³-hybridized carbons (Fsp3) is 0.846. The van der Waals surface area contributed by atoms with Crippen molar-refractivity contribution >= 4 is 17.5 Å². The number of hydrogen-bond donors (Lipinski definition) is 2. The minimum atomic E-state index is -0.580. The van der Waals surface area contributed by atoms with E-state index in [-0.39, 0.29) is 12.1 Å². The van der Waals surface area contributed by atoms with E-state index in [1.165, 1.54) is 0 Å². The Balaban J connectivity index is 1.82. The lowest BCUT2D eigenvalue weighted by molar-refractivity contribution is 0.0975. The average Bonchev–Trinajstić information content (AvgIpc) is 2.91. The molecule has 2 N–H and O–H groups in total. The molecule has 0 aliphatic carbocycles. The van der Waals surface area contributed by atoms with Crippen molar-refractivity contribution in [1.29, 1.82) is 0 Å². The quantitative estimate of drug-likeness (QED) is 0.739. The normalized spacial score (nSPS) is 17.8. The summed E-state index contributed by atoms with van der Waals surface area (Å²) >= 11 is 1.12. The molecule has 120 valence electrons. The van der Waals surface area contributed by atoms with Gasteiger partial charge in [-0.05, 0) is 20.8 Å². The largest absolute Gasteiger partial charge is 0.472 e. The molecule has 1 saturated heterocycles. The van der Waals surface area contributed by atoms with Crippen molar-refractivity contribution in [2.75, 3.05) is 44.4 Å². The van der Waals surface area contributed by atoms with Crippen molar-refractivity contribution in [2.45, 2.75) is 32.4 Å². The third kappa shape index (κ3) is 5.39. The predicted molar refractivity (Wildman–Crippen MR) is 82.2 cm³/mol. The van der Waals surface area contributed by atoms with Crippen LogP contribution < -0.4 is 15.0 Å². The maximum atomic E-state index is 9.95. The van der Waals surface area contributed by atoms with Crippen LogP contribution in [0, 0.1) is 0 Å². The highest BCUT2D eigenvalue weighted by Gasteiger charge is 2.21. The third-order valence-electron chi connectivity index (χ3n) is 3.03. The summed E-state index contributed by atoms with van der Waals surface area (Å²) in [6.45, 7) is 9.81. The van der Waals surface area contributed by atoms with Gasteiger partial charge in [0.05, 0.1) is 24.9 Å². The lowest BCUT2D eigenvalue weighted by atomic mass is 10.3. The summed E-state index contributed by atoms with van der Waals surface area (Å²) in [5, 5.41) is 13.2. The molecule has 1 aliphatic rings. The Morgan fingerprint density at radius 3 is 2.76 bits per heavy atom. The van der Waals surface area contributed by atoms with E-state index >= 15 is 0 Å². The summed E-state index contributed by atoms with van der Waals surface area (Å²) < 4.78 is 19.4. The van der Waals surface area contributed by atoms with Crippen LogP contribution in [-0.4, -0.2) is 65.0 Å². The minimum absolute atomic E-state index is 0.0257. The number of aliphatic hydroxyl groups excluding tert-OH is 1. The molecule has 2 heterocycles. The number of aromatic nitrogens is 2. The maximum absolute atomic E-state index is 9.95. The Morgan fingerprint density at radius 1 is 1.38 bits per heavy atom. The van der Waals surface area contributed by atoms with E-state index in [4.69, 9.17) is 9.47 Å². The van der Waals surface area contributed by atoms with Crippen molar-refractivity contribution in [3.8, 4) is 5.88 Å². The van der Waals surface area contributed by atoms with Gasteiger partial charge < -0.3 is 24.8 Å². The van der Waals surface area contributed by atoms with Crippen LogP contribution in [0.15, 0.2) is 0 Å². The van der Waals surface area contributed by atoms with E-state index in [0.717, 1.165) is 30.6 Å². The van der Waals surface area contributed by atoms with Gasteiger partial charge in [0.15, 0.2) is 0 Å². The standard InChI is InChI=1S/C13H24N4O3S/c1-13(2,3)14-8-10(18)9-20-12-11(15-21-16-12)17-4-6-19-7-5-17/h10,14,18H,4-9H2,1-3H3/t10-/m0/s1/i1+1,2+1,3+1. The highest BCUT2D eigenvalue weighted by atomic mass is 32.1. The second kappa shape index (κ2) is 7.35. The number of morpholine rings is 1. The van der Waals surface area contributed by atoms with Gasteiger partial charge in [0, 0.05) is 25.2 Å². The van der Waals surface area contributed by atoms with Gasteiger partial charge in [-0.15, -0.1) is 4.37 Å². The van der Waals surface area contributed by atoms with E-state index in [1.54, 1.807) is 0 Å². The third-order valence-corrected chi connectivity index (χ3v) is 3.54. The van der Waals surface area contributed by atoms with E-state index < -0.39 is 6.10 Å². The minimum Gasteiger partial charge on any atom is -0.472 e. The first-order valence-electron chi connectivity index (χ1n) is 7.17. The first-order chi connectivity index (χ1) is 9.96. The zero-order chi connectivity index (χ0) is 15.3. The molecule has 0 aromatic carbocycles. The van der Waals surface area contributed by atoms with Crippen molar-refractivity contribution in [3.05, 3.63) is 0 Å². The van der Waals surface area contributed by atoms with Crippen molar-refractivity contribution in [2.24, 2.45) is 0 Å². The Kier molecular flexibility index (Phi) is 5.74. The van der Waals surface area contributed by atoms with Gasteiger partial charge in [-0.3, -0.25) is 0 Å². The van der Waals surface area contributed by atoms with Crippen LogP contribution in [0.3, 0.4) is 0 Å². The summed E-state index contributed by atoms with van der Waals surface area (Å²) in [5.74, 6) is 1.25. The molecule has 0 radical (unpaired) electrons. The van der Waals surface area contributed by atoms with E-state index in [1.807, 2.05) is 0 Å². The van der Waals surface area contributed by atoms with E-state index in [2.05, 4.69) is 39.7 Å². The number of ether oxygens (including phenoxy) is 2. The summed E-state index contributed by atoms with van der Waals surface area (Å²) in [6.07, 6.45) is -0.580. The Hall–Kier alpha value is -0.960. The molecule has 1 fully saturated rings. The number of β-amino-alcohol motifs (C(OH)–C–C–N with tert-alkyl or cyclic N) is 1. The van der Waals surface area contributed by atoms with Crippen molar-refractivity contribution < 1.29 is 14.6 Å². The van der Waals surface area contributed by atoms with Crippen LogP contribution in [0.25, 0.3) is 0 Å². The van der Waals surface area contributed by atoms with Gasteiger partial charge in [-0.2, -0.15) is 4.37 Å². The molecule has 2 rings (SSSR count). The zero-order valence-corrected chi connectivity index (χ0v) is 13.7. The molecule has 8 heteroatoms. The van der Waals surface area contributed by atoms with Gasteiger partial charge in [0.25, 0.3) is 5.88 Å². The molecule has 7 nitrogen and oxygen atoms in total. The maximum Gasteiger partial charge on any atom is 0.270 e. The van der Waals surface area contributed by atoms with Gasteiger partial charge in [-0.1, -0.05) is 0 Å². The summed E-state index contributed by atoms with van der Waals surface area (Å²) in [4.78, 5) is 2.10. The molecule has 0 unspecified atom stereocenters. The predicted octanol–water partition coefficient (Wildman–Crippen LogP) is 0.502. The molecule has 1 aromatic rings. The molecule has 0 saturated carbocycles. The molecule has 0 amide bonds. The smallest absolute Gasteiger partial charge is 0.270 e. The summed E-state index contributed by atoms with van der Waals surface area (Å²) in [7, 11) is 0. The molecule has 21 heavy (non-hydrogen) atoms. The van der Waals surface area contributed by atoms with Crippen molar-refractivity contribution in [3.63, 3.8) is 0 Å². The highest BCUT2D eigenvalue weighted by molar-refractivity contribution is 6.99. The van der Waals surface area contributed by atoms with E-state index in [0.29, 0.717) is 25.6 Å². The number of hydrogen-bond acceptors (Lipinski definition) is 8. The molecule has 0 spiro atoms. The van der Waals surface area contributed by atoms with Crippen LogP contribution in [0.1, 0.15) is 20.8 Å². The first-order valence-corrected chi connectivity index (χ1v) is 7.90. The summed E-state index contributed by atoms with van der Waals surface area (Å²) in [5.41, 5.74) is -0.0257. The Morgan fingerprint density at radius 2 is 2.10 bits per heavy atom. The van der Waals surface area contributed by atoms with Gasteiger partial charge >= 0.3 is 0 Å². The van der Waals surface area contributed by atoms with Gasteiger partial charge in [0.2, 0.25) is 5.82 Å². The molecule has 1 aromatic heterocycles. The second-order valence-electron chi connectivity index (χ2n) is 6.09. The highest BCUT2D eigenvalue weighted by Crippen LogP contribution is 2.26. The van der Waals surface area contributed by atoms with E-state index in [9.17, 15) is 5.11 Å². The Bertz CT molecular complexity index is 429. The second-order valence-corrected chi connectivity index (χ2v) is 6.62. The average molecular weight is 319 g/mol. The van der Waals surface area contributed by atoms with Crippen LogP contribution in [0.4, 0.5) is 5.82 Å². The van der Waals surface area contributed by atoms with Crippen LogP contribution >= 0.6 is 11.7 Å². The fourth-order valence-corrected chi connectivity index (χ4v) is 2.41. The number of nitrogens with one attached hydrogen (secondary N) is 1. The van der Waals surface area contributed by atoms with Gasteiger partial charge in [0.1, 0.15) is 12.7 Å². The monoisotopic (exact) mass is 319 g/mol. The van der Waals surface area contributed by atoms with Crippen molar-refractivity contribution in [1.82, 2.24) is 14.1 Å². The summed E-state index contributed by atoms with van der Waals surface area (Å²) in [6, 6.07) is 0. The molecular weight excluding hydrogens is 295 g/mol. The molecule has 1 atom stereocenters. The number of rotatable bonds is 6. The fourth-order valence-electron chi connectivity index (χ4n) is 1.89. The number of nitrogens with zero attached hydrogens (tertiary/aromatic N) is 3.